The average molecular weight is 418 g/mol. The summed E-state index contributed by atoms with van der Waals surface area (Å²) in [5.74, 6) is 1.51. The summed E-state index contributed by atoms with van der Waals surface area (Å²) in [6, 6.07) is 11.0. The SMILES string of the molecule is CCN(c1cc(N2CCOCC2)cc(C)n1)c1ccc(C(C)C)cc1Br. The van der Waals surface area contributed by atoms with Gasteiger partial charge in [-0.05, 0) is 59.5 Å². The first-order chi connectivity index (χ1) is 12.5. The fourth-order valence-corrected chi connectivity index (χ4v) is 3.94. The predicted molar refractivity (Wildman–Crippen MR) is 113 cm³/mol. The summed E-state index contributed by atoms with van der Waals surface area (Å²) in [6.45, 7) is 13.0. The lowest BCUT2D eigenvalue weighted by molar-refractivity contribution is 0.122. The van der Waals surface area contributed by atoms with Crippen molar-refractivity contribution in [2.45, 2.75) is 33.6 Å². The number of hydrogen-bond donors (Lipinski definition) is 0. The first-order valence-electron chi connectivity index (χ1n) is 9.38. The maximum absolute atomic E-state index is 5.49. The molecule has 1 aromatic carbocycles. The summed E-state index contributed by atoms with van der Waals surface area (Å²) in [5.41, 5.74) is 4.76. The highest BCUT2D eigenvalue weighted by Crippen LogP contribution is 2.35. The molecule has 2 aromatic rings. The molecule has 5 heteroatoms. The number of nitrogens with zero attached hydrogens (tertiary/aromatic N) is 3. The summed E-state index contributed by atoms with van der Waals surface area (Å²) in [7, 11) is 0. The molecule has 0 aliphatic carbocycles. The summed E-state index contributed by atoms with van der Waals surface area (Å²) in [6.07, 6.45) is 0. The van der Waals surface area contributed by atoms with Crippen molar-refractivity contribution in [3.8, 4) is 0 Å². The zero-order valence-corrected chi connectivity index (χ0v) is 17.7. The Hall–Kier alpha value is -1.59. The van der Waals surface area contributed by atoms with Crippen LogP contribution in [-0.2, 0) is 4.74 Å². The molecule has 0 bridgehead atoms. The minimum atomic E-state index is 0.514. The van der Waals surface area contributed by atoms with Gasteiger partial charge < -0.3 is 14.5 Å². The highest BCUT2D eigenvalue weighted by Gasteiger charge is 2.17. The molecule has 0 unspecified atom stereocenters. The number of morpholine rings is 1. The van der Waals surface area contributed by atoms with Crippen molar-refractivity contribution in [3.63, 3.8) is 0 Å². The van der Waals surface area contributed by atoms with E-state index in [-0.39, 0.29) is 0 Å². The van der Waals surface area contributed by atoms with E-state index in [0.29, 0.717) is 5.92 Å². The smallest absolute Gasteiger partial charge is 0.135 e. The van der Waals surface area contributed by atoms with E-state index < -0.39 is 0 Å². The zero-order chi connectivity index (χ0) is 18.7. The molecule has 4 nitrogen and oxygen atoms in total. The third-order valence-electron chi connectivity index (χ3n) is 4.82. The minimum Gasteiger partial charge on any atom is -0.378 e. The number of aromatic nitrogens is 1. The first-order valence-corrected chi connectivity index (χ1v) is 10.2. The van der Waals surface area contributed by atoms with Crippen molar-refractivity contribution in [1.29, 1.82) is 0 Å². The Morgan fingerprint density at radius 1 is 1.19 bits per heavy atom. The van der Waals surface area contributed by atoms with Crippen LogP contribution < -0.4 is 9.80 Å². The van der Waals surface area contributed by atoms with Gasteiger partial charge in [-0.15, -0.1) is 0 Å². The van der Waals surface area contributed by atoms with E-state index in [9.17, 15) is 0 Å². The van der Waals surface area contributed by atoms with Crippen LogP contribution in [0.3, 0.4) is 0 Å². The Morgan fingerprint density at radius 2 is 1.92 bits per heavy atom. The molecule has 140 valence electrons. The van der Waals surface area contributed by atoms with Crippen molar-refractivity contribution in [3.05, 3.63) is 46.1 Å². The molecule has 0 N–H and O–H groups in total. The molecule has 1 aromatic heterocycles. The molecule has 0 saturated carbocycles. The van der Waals surface area contributed by atoms with E-state index >= 15 is 0 Å². The topological polar surface area (TPSA) is 28.6 Å². The summed E-state index contributed by atoms with van der Waals surface area (Å²) >= 11 is 3.77. The van der Waals surface area contributed by atoms with Crippen LogP contribution in [0.25, 0.3) is 0 Å². The number of halogens is 1. The van der Waals surface area contributed by atoms with Gasteiger partial charge in [-0.3, -0.25) is 0 Å². The van der Waals surface area contributed by atoms with Gasteiger partial charge in [0.1, 0.15) is 5.82 Å². The van der Waals surface area contributed by atoms with Crippen LogP contribution in [0.1, 0.15) is 37.9 Å². The van der Waals surface area contributed by atoms with Crippen molar-refractivity contribution >= 4 is 33.1 Å². The second-order valence-electron chi connectivity index (χ2n) is 7.03. The highest BCUT2D eigenvalue weighted by atomic mass is 79.9. The van der Waals surface area contributed by atoms with E-state index in [2.05, 4.69) is 83.8 Å². The van der Waals surface area contributed by atoms with Gasteiger partial charge in [0, 0.05) is 41.6 Å². The van der Waals surface area contributed by atoms with Crippen LogP contribution in [0.15, 0.2) is 34.8 Å². The summed E-state index contributed by atoms with van der Waals surface area (Å²) < 4.78 is 6.60. The molecule has 0 spiro atoms. The Kier molecular flexibility index (Phi) is 6.20. The maximum atomic E-state index is 5.49. The van der Waals surface area contributed by atoms with Gasteiger partial charge in [-0.1, -0.05) is 19.9 Å². The Labute approximate surface area is 165 Å². The Bertz CT molecular complexity index is 757. The van der Waals surface area contributed by atoms with Gasteiger partial charge in [-0.25, -0.2) is 4.98 Å². The van der Waals surface area contributed by atoms with Crippen molar-refractivity contribution in [1.82, 2.24) is 4.98 Å². The van der Waals surface area contributed by atoms with Gasteiger partial charge in [0.2, 0.25) is 0 Å². The lowest BCUT2D eigenvalue weighted by atomic mass is 10.0. The van der Waals surface area contributed by atoms with Crippen molar-refractivity contribution in [2.75, 3.05) is 42.6 Å². The molecule has 0 amide bonds. The minimum absolute atomic E-state index is 0.514. The van der Waals surface area contributed by atoms with Crippen LogP contribution in [0, 0.1) is 6.92 Å². The Morgan fingerprint density at radius 3 is 2.54 bits per heavy atom. The number of aryl methyl sites for hydroxylation is 1. The highest BCUT2D eigenvalue weighted by molar-refractivity contribution is 9.10. The molecule has 3 rings (SSSR count). The van der Waals surface area contributed by atoms with Crippen LogP contribution in [0.2, 0.25) is 0 Å². The lowest BCUT2D eigenvalue weighted by Crippen LogP contribution is -2.36. The predicted octanol–water partition coefficient (Wildman–Crippen LogP) is 5.27. The van der Waals surface area contributed by atoms with E-state index in [0.717, 1.165) is 54.5 Å². The monoisotopic (exact) mass is 417 g/mol. The fourth-order valence-electron chi connectivity index (χ4n) is 3.33. The summed E-state index contributed by atoms with van der Waals surface area (Å²) in [5, 5.41) is 0. The van der Waals surface area contributed by atoms with Gasteiger partial charge in [0.05, 0.1) is 18.9 Å². The maximum Gasteiger partial charge on any atom is 0.135 e. The molecule has 0 atom stereocenters. The molecule has 1 aliphatic rings. The molecule has 26 heavy (non-hydrogen) atoms. The van der Waals surface area contributed by atoms with E-state index in [1.54, 1.807) is 0 Å². The van der Waals surface area contributed by atoms with E-state index in [4.69, 9.17) is 9.72 Å². The summed E-state index contributed by atoms with van der Waals surface area (Å²) in [4.78, 5) is 9.47. The zero-order valence-electron chi connectivity index (χ0n) is 16.1. The standard InChI is InChI=1S/C21H28BrN3O/c1-5-25(20-7-6-17(15(2)3)13-19(20)22)21-14-18(12-16(4)23-21)24-8-10-26-11-9-24/h6-7,12-15H,5,8-11H2,1-4H3. The number of anilines is 3. The number of benzene rings is 1. The lowest BCUT2D eigenvalue weighted by Gasteiger charge is -2.31. The van der Waals surface area contributed by atoms with Crippen LogP contribution in [0.4, 0.5) is 17.2 Å². The van der Waals surface area contributed by atoms with Crippen LogP contribution in [0.5, 0.6) is 0 Å². The third-order valence-corrected chi connectivity index (χ3v) is 5.46. The van der Waals surface area contributed by atoms with Gasteiger partial charge in [0.15, 0.2) is 0 Å². The first kappa shape index (κ1) is 19.2. The van der Waals surface area contributed by atoms with Gasteiger partial charge >= 0.3 is 0 Å². The third kappa shape index (κ3) is 4.21. The molecular weight excluding hydrogens is 390 g/mol. The quantitative estimate of drug-likeness (QED) is 0.662. The van der Waals surface area contributed by atoms with E-state index in [1.165, 1.54) is 11.3 Å². The van der Waals surface area contributed by atoms with Crippen LogP contribution >= 0.6 is 15.9 Å². The second kappa shape index (κ2) is 8.40. The molecular formula is C21H28BrN3O. The molecule has 2 heterocycles. The molecule has 1 saturated heterocycles. The van der Waals surface area contributed by atoms with Gasteiger partial charge in [-0.2, -0.15) is 0 Å². The van der Waals surface area contributed by atoms with Gasteiger partial charge in [0.25, 0.3) is 0 Å². The Balaban J connectivity index is 1.96. The molecule has 0 radical (unpaired) electrons. The largest absolute Gasteiger partial charge is 0.378 e. The van der Waals surface area contributed by atoms with Crippen molar-refractivity contribution < 1.29 is 4.74 Å². The molecule has 1 aliphatic heterocycles. The van der Waals surface area contributed by atoms with E-state index in [1.807, 2.05) is 0 Å². The fraction of sp³-hybridized carbons (Fsp3) is 0.476. The second-order valence-corrected chi connectivity index (χ2v) is 7.89. The normalized spacial score (nSPS) is 14.8. The number of pyridine rings is 1. The number of rotatable bonds is 5. The molecule has 1 fully saturated rings. The van der Waals surface area contributed by atoms with Crippen molar-refractivity contribution in [2.24, 2.45) is 0 Å². The number of ether oxygens (including phenoxy) is 1. The number of hydrogen-bond acceptors (Lipinski definition) is 4. The average Bonchev–Trinajstić information content (AvgIpc) is 2.64. The van der Waals surface area contributed by atoms with Crippen LogP contribution in [-0.4, -0.2) is 37.8 Å².